The standard InChI is InChI=1S/C31H46N2O2.C5H10O2/c1-27(2)12-13-31(18-33-7)11-8-20-25(21(31)16-27)22(34)14-24-29(20,5)10-9-23-28(3,4)26(35)19(17-32)15-30(23,24)6;1-5(2,3)7-4-6/h15,20-21,23-25,33H,8-14,16,18H2,1-7H3;4H,1-3H3. The van der Waals surface area contributed by atoms with Crippen molar-refractivity contribution >= 4 is 18.0 Å². The average molecular weight is 581 g/mol. The first-order valence-corrected chi connectivity index (χ1v) is 16.3. The minimum atomic E-state index is -0.558. The first-order valence-electron chi connectivity index (χ1n) is 16.3. The molecule has 0 aromatic rings. The third-order valence-corrected chi connectivity index (χ3v) is 12.8. The number of ether oxygens (including phenoxy) is 1. The summed E-state index contributed by atoms with van der Waals surface area (Å²) in [5.41, 5.74) is -0.230. The van der Waals surface area contributed by atoms with Crippen LogP contribution in [0.15, 0.2) is 11.6 Å². The van der Waals surface area contributed by atoms with E-state index in [0.717, 1.165) is 32.2 Å². The van der Waals surface area contributed by atoms with Crippen molar-refractivity contribution in [2.24, 2.45) is 56.7 Å². The summed E-state index contributed by atoms with van der Waals surface area (Å²) >= 11 is 0. The van der Waals surface area contributed by atoms with Gasteiger partial charge in [0, 0.05) is 24.3 Å². The number of allylic oxidation sites excluding steroid dienone is 2. The van der Waals surface area contributed by atoms with E-state index >= 15 is 0 Å². The van der Waals surface area contributed by atoms with Crippen molar-refractivity contribution < 1.29 is 19.1 Å². The molecule has 4 saturated carbocycles. The van der Waals surface area contributed by atoms with Gasteiger partial charge >= 0.3 is 0 Å². The number of fused-ring (bicyclic) bond motifs is 7. The number of hydrogen-bond donors (Lipinski definition) is 1. The van der Waals surface area contributed by atoms with Crippen LogP contribution in [0, 0.1) is 68.0 Å². The zero-order valence-corrected chi connectivity index (χ0v) is 28.0. The number of carbonyl (C=O) groups excluding carboxylic acids is 3. The largest absolute Gasteiger partial charge is 0.462 e. The number of Topliss-reactive ketones (excluding diaryl/α,β-unsaturated/α-hetero) is 2. The number of rotatable bonds is 3. The van der Waals surface area contributed by atoms with Gasteiger partial charge < -0.3 is 10.1 Å². The van der Waals surface area contributed by atoms with E-state index in [1.165, 1.54) is 19.3 Å². The number of nitrogens with one attached hydrogen (secondary N) is 1. The van der Waals surface area contributed by atoms with Gasteiger partial charge in [0.2, 0.25) is 0 Å². The Labute approximate surface area is 254 Å². The van der Waals surface area contributed by atoms with E-state index in [-0.39, 0.29) is 45.4 Å². The zero-order chi connectivity index (χ0) is 31.5. The highest BCUT2D eigenvalue weighted by Gasteiger charge is 2.68. The maximum absolute atomic E-state index is 14.3. The summed E-state index contributed by atoms with van der Waals surface area (Å²) < 4.78 is 4.55. The SMILES string of the molecule is CC(C)(C)OC=O.CNCC12CCC3C(C(=O)CC4C5(C)C=C(C#N)C(=O)C(C)(C)C5CCC34C)C1CC(C)(C)CC2. The summed E-state index contributed by atoms with van der Waals surface area (Å²) in [5.74, 6) is 1.89. The fourth-order valence-corrected chi connectivity index (χ4v) is 10.8. The molecule has 0 aromatic heterocycles. The molecule has 6 nitrogen and oxygen atoms in total. The number of ketones is 2. The lowest BCUT2D eigenvalue weighted by Crippen LogP contribution is -2.65. The summed E-state index contributed by atoms with van der Waals surface area (Å²) in [4.78, 5) is 37.0. The van der Waals surface area contributed by atoms with Gasteiger partial charge in [-0.15, -0.1) is 0 Å². The number of carbonyl (C=O) groups is 3. The molecule has 0 saturated heterocycles. The normalized spacial score (nSPS) is 41.7. The Kier molecular flexibility index (Phi) is 8.51. The molecular formula is C36H56N2O4. The molecule has 0 radical (unpaired) electrons. The second kappa shape index (κ2) is 10.9. The van der Waals surface area contributed by atoms with Crippen molar-refractivity contribution in [2.45, 2.75) is 119 Å². The summed E-state index contributed by atoms with van der Waals surface area (Å²) in [5, 5.41) is 13.4. The van der Waals surface area contributed by atoms with E-state index in [1.54, 1.807) is 0 Å². The molecule has 5 rings (SSSR count). The topological polar surface area (TPSA) is 96.3 Å². The first kappa shape index (κ1) is 32.9. The van der Waals surface area contributed by atoms with Crippen LogP contribution in [0.2, 0.25) is 0 Å². The molecule has 6 heteroatoms. The first-order chi connectivity index (χ1) is 19.3. The molecule has 0 heterocycles. The Morgan fingerprint density at radius 2 is 1.67 bits per heavy atom. The fourth-order valence-electron chi connectivity index (χ4n) is 10.8. The fraction of sp³-hybridized carbons (Fsp3) is 0.833. The lowest BCUT2D eigenvalue weighted by molar-refractivity contribution is -0.190. The van der Waals surface area contributed by atoms with Crippen molar-refractivity contribution in [3.05, 3.63) is 11.6 Å². The Morgan fingerprint density at radius 1 is 1.00 bits per heavy atom. The molecule has 1 N–H and O–H groups in total. The molecular weight excluding hydrogens is 524 g/mol. The molecule has 0 aromatic carbocycles. The van der Waals surface area contributed by atoms with Crippen molar-refractivity contribution in [2.75, 3.05) is 13.6 Å². The Hall–Kier alpha value is -2.00. The lowest BCUT2D eigenvalue weighted by Gasteiger charge is -2.68. The van der Waals surface area contributed by atoms with E-state index in [2.05, 4.69) is 50.9 Å². The quantitative estimate of drug-likeness (QED) is 0.359. The molecule has 8 atom stereocenters. The van der Waals surface area contributed by atoms with E-state index in [0.29, 0.717) is 41.5 Å². The van der Waals surface area contributed by atoms with Gasteiger partial charge in [-0.05, 0) is 118 Å². The van der Waals surface area contributed by atoms with Crippen LogP contribution in [0.5, 0.6) is 0 Å². The third kappa shape index (κ3) is 5.31. The second-order valence-electron chi connectivity index (χ2n) is 17.3. The van der Waals surface area contributed by atoms with Crippen LogP contribution in [0.3, 0.4) is 0 Å². The number of nitriles is 1. The van der Waals surface area contributed by atoms with Crippen LogP contribution in [-0.4, -0.2) is 37.2 Å². The van der Waals surface area contributed by atoms with Crippen molar-refractivity contribution in [1.82, 2.24) is 5.32 Å². The molecule has 5 aliphatic carbocycles. The van der Waals surface area contributed by atoms with Crippen molar-refractivity contribution in [3.8, 4) is 6.07 Å². The number of nitrogens with zero attached hydrogens (tertiary/aromatic N) is 1. The average Bonchev–Trinajstić information content (AvgIpc) is 2.87. The van der Waals surface area contributed by atoms with E-state index in [4.69, 9.17) is 0 Å². The maximum Gasteiger partial charge on any atom is 0.293 e. The maximum atomic E-state index is 14.3. The number of hydrogen-bond acceptors (Lipinski definition) is 6. The minimum absolute atomic E-state index is 0.00922. The molecule has 42 heavy (non-hydrogen) atoms. The summed E-state index contributed by atoms with van der Waals surface area (Å²) in [6.45, 7) is 20.6. The van der Waals surface area contributed by atoms with Gasteiger partial charge in [-0.3, -0.25) is 14.4 Å². The van der Waals surface area contributed by atoms with Gasteiger partial charge in [0.15, 0.2) is 5.78 Å². The van der Waals surface area contributed by atoms with Crippen molar-refractivity contribution in [1.29, 1.82) is 5.26 Å². The highest BCUT2D eigenvalue weighted by Crippen LogP contribution is 2.71. The monoisotopic (exact) mass is 580 g/mol. The summed E-state index contributed by atoms with van der Waals surface area (Å²) in [6, 6.07) is 2.23. The Bertz CT molecular complexity index is 1170. The van der Waals surface area contributed by atoms with Crippen LogP contribution in [0.4, 0.5) is 0 Å². The highest BCUT2D eigenvalue weighted by molar-refractivity contribution is 6.04. The molecule has 8 unspecified atom stereocenters. The molecule has 0 bridgehead atoms. The predicted molar refractivity (Wildman–Crippen MR) is 165 cm³/mol. The van der Waals surface area contributed by atoms with Crippen LogP contribution >= 0.6 is 0 Å². The van der Waals surface area contributed by atoms with Gasteiger partial charge in [-0.25, -0.2) is 0 Å². The van der Waals surface area contributed by atoms with E-state index < -0.39 is 5.41 Å². The lowest BCUT2D eigenvalue weighted by atomic mass is 9.35. The van der Waals surface area contributed by atoms with Gasteiger partial charge in [-0.1, -0.05) is 47.6 Å². The second-order valence-corrected chi connectivity index (χ2v) is 17.3. The van der Waals surface area contributed by atoms with Crippen LogP contribution in [-0.2, 0) is 19.1 Å². The Balaban J connectivity index is 0.000000517. The molecule has 5 aliphatic rings. The van der Waals surface area contributed by atoms with Gasteiger partial charge in [-0.2, -0.15) is 5.26 Å². The van der Waals surface area contributed by atoms with E-state index in [9.17, 15) is 19.6 Å². The molecule has 0 aliphatic heterocycles. The van der Waals surface area contributed by atoms with Gasteiger partial charge in [0.05, 0.1) is 5.57 Å². The van der Waals surface area contributed by atoms with Crippen LogP contribution < -0.4 is 5.32 Å². The van der Waals surface area contributed by atoms with Crippen molar-refractivity contribution in [3.63, 3.8) is 0 Å². The van der Waals surface area contributed by atoms with Gasteiger partial charge in [0.25, 0.3) is 6.47 Å². The smallest absolute Gasteiger partial charge is 0.293 e. The third-order valence-electron chi connectivity index (χ3n) is 12.8. The highest BCUT2D eigenvalue weighted by atomic mass is 16.5. The molecule has 0 amide bonds. The van der Waals surface area contributed by atoms with Crippen LogP contribution in [0.25, 0.3) is 0 Å². The van der Waals surface area contributed by atoms with Gasteiger partial charge in [0.1, 0.15) is 17.5 Å². The predicted octanol–water partition coefficient (Wildman–Crippen LogP) is 7.07. The summed E-state index contributed by atoms with van der Waals surface area (Å²) in [7, 11) is 2.07. The van der Waals surface area contributed by atoms with E-state index in [1.807, 2.05) is 40.7 Å². The van der Waals surface area contributed by atoms with Crippen LogP contribution in [0.1, 0.15) is 114 Å². The minimum Gasteiger partial charge on any atom is -0.462 e. The molecule has 0 spiro atoms. The molecule has 234 valence electrons. The summed E-state index contributed by atoms with van der Waals surface area (Å²) in [6.07, 6.45) is 10.7. The molecule has 4 fully saturated rings. The Morgan fingerprint density at radius 3 is 2.21 bits per heavy atom. The zero-order valence-electron chi connectivity index (χ0n) is 28.0.